The standard InChI is InChI=1S/C26H25N3O5S/c1-33-23-16-18(27-26(35)28-24(31)11-9-19-6-4-14-34-19)8-10-20(23)21-15-17-5-2-3-7-22(17)29(12-13-30)25(21)32/h2-3,5-11,15-16,30H,4,12-14H2,1H3,(H2,27,28,31,35)/b11-9+. The average Bonchev–Trinajstić information content (AvgIpc) is 3.38. The number of hydrogen-bond acceptors (Lipinski definition) is 6. The number of carbonyl (C=O) groups excluding carboxylic acids is 1. The summed E-state index contributed by atoms with van der Waals surface area (Å²) in [4.78, 5) is 25.4. The number of allylic oxidation sites excluding steroid dienone is 1. The van der Waals surface area contributed by atoms with Gasteiger partial charge in [0.05, 0.1) is 31.4 Å². The zero-order valence-corrected chi connectivity index (χ0v) is 19.9. The molecule has 3 N–H and O–H groups in total. The second-order valence-electron chi connectivity index (χ2n) is 7.73. The van der Waals surface area contributed by atoms with E-state index >= 15 is 0 Å². The number of aromatic nitrogens is 1. The number of methoxy groups -OCH3 is 1. The summed E-state index contributed by atoms with van der Waals surface area (Å²) in [6.45, 7) is 0.644. The van der Waals surface area contributed by atoms with Gasteiger partial charge in [-0.05, 0) is 54.0 Å². The van der Waals surface area contributed by atoms with Crippen LogP contribution >= 0.6 is 12.2 Å². The highest BCUT2D eigenvalue weighted by Gasteiger charge is 2.15. The number of aliphatic hydroxyl groups excluding tert-OH is 1. The molecular formula is C26H25N3O5S. The Morgan fingerprint density at radius 2 is 2.06 bits per heavy atom. The molecule has 0 saturated heterocycles. The third-order valence-corrected chi connectivity index (χ3v) is 5.65. The van der Waals surface area contributed by atoms with Crippen LogP contribution in [0.5, 0.6) is 5.75 Å². The lowest BCUT2D eigenvalue weighted by atomic mass is 10.0. The van der Waals surface area contributed by atoms with E-state index in [0.717, 1.165) is 17.3 Å². The van der Waals surface area contributed by atoms with Crippen molar-refractivity contribution < 1.29 is 19.4 Å². The number of benzene rings is 2. The van der Waals surface area contributed by atoms with Gasteiger partial charge in [0.15, 0.2) is 5.11 Å². The number of pyridine rings is 1. The lowest BCUT2D eigenvalue weighted by molar-refractivity contribution is -0.115. The van der Waals surface area contributed by atoms with Crippen LogP contribution < -0.4 is 20.9 Å². The highest BCUT2D eigenvalue weighted by Crippen LogP contribution is 2.32. The van der Waals surface area contributed by atoms with Gasteiger partial charge in [-0.2, -0.15) is 0 Å². The van der Waals surface area contributed by atoms with Gasteiger partial charge in [0.1, 0.15) is 11.5 Å². The summed E-state index contributed by atoms with van der Waals surface area (Å²) in [6, 6.07) is 14.5. The van der Waals surface area contributed by atoms with Gasteiger partial charge in [0, 0.05) is 36.4 Å². The van der Waals surface area contributed by atoms with E-state index in [1.165, 1.54) is 13.2 Å². The minimum absolute atomic E-state index is 0.117. The van der Waals surface area contributed by atoms with Gasteiger partial charge in [0.2, 0.25) is 5.91 Å². The molecule has 1 aromatic heterocycles. The van der Waals surface area contributed by atoms with Crippen molar-refractivity contribution in [1.29, 1.82) is 0 Å². The molecular weight excluding hydrogens is 466 g/mol. The molecule has 0 radical (unpaired) electrons. The number of amides is 1. The molecule has 2 aromatic carbocycles. The predicted molar refractivity (Wildman–Crippen MR) is 139 cm³/mol. The monoisotopic (exact) mass is 491 g/mol. The molecule has 0 fully saturated rings. The van der Waals surface area contributed by atoms with E-state index in [9.17, 15) is 14.7 Å². The van der Waals surface area contributed by atoms with Crippen LogP contribution in [0.3, 0.4) is 0 Å². The summed E-state index contributed by atoms with van der Waals surface area (Å²) in [5, 5.41) is 16.0. The Morgan fingerprint density at radius 3 is 2.80 bits per heavy atom. The number of nitrogens with one attached hydrogen (secondary N) is 2. The molecule has 0 aliphatic carbocycles. The van der Waals surface area contributed by atoms with E-state index < -0.39 is 0 Å². The Kier molecular flexibility index (Phi) is 7.59. The van der Waals surface area contributed by atoms with Crippen LogP contribution in [0.25, 0.3) is 22.0 Å². The minimum Gasteiger partial charge on any atom is -0.496 e. The third kappa shape index (κ3) is 5.59. The summed E-state index contributed by atoms with van der Waals surface area (Å²) < 4.78 is 12.4. The predicted octanol–water partition coefficient (Wildman–Crippen LogP) is 3.34. The molecule has 3 aromatic rings. The Balaban J connectivity index is 1.56. The molecule has 4 rings (SSSR count). The summed E-state index contributed by atoms with van der Waals surface area (Å²) in [6.07, 6.45) is 5.68. The highest BCUT2D eigenvalue weighted by molar-refractivity contribution is 7.80. The van der Waals surface area contributed by atoms with Crippen molar-refractivity contribution >= 4 is 39.8 Å². The molecule has 0 bridgehead atoms. The second-order valence-corrected chi connectivity index (χ2v) is 8.14. The number of aliphatic hydroxyl groups is 1. The Hall–Kier alpha value is -3.95. The van der Waals surface area contributed by atoms with Gasteiger partial charge in [-0.3, -0.25) is 14.9 Å². The molecule has 0 spiro atoms. The molecule has 9 heteroatoms. The maximum atomic E-state index is 13.3. The van der Waals surface area contributed by atoms with Crippen molar-refractivity contribution in [2.45, 2.75) is 13.0 Å². The van der Waals surface area contributed by atoms with Gasteiger partial charge >= 0.3 is 0 Å². The largest absolute Gasteiger partial charge is 0.496 e. The van der Waals surface area contributed by atoms with Crippen LogP contribution in [0, 0.1) is 0 Å². The molecule has 8 nitrogen and oxygen atoms in total. The smallest absolute Gasteiger partial charge is 0.259 e. The van der Waals surface area contributed by atoms with Gasteiger partial charge in [0.25, 0.3) is 5.56 Å². The Labute approximate surface area is 207 Å². The van der Waals surface area contributed by atoms with E-state index in [1.54, 1.807) is 28.8 Å². The molecule has 180 valence electrons. The normalized spacial score (nSPS) is 12.9. The molecule has 0 saturated carbocycles. The lowest BCUT2D eigenvalue weighted by Gasteiger charge is -2.15. The first-order valence-corrected chi connectivity index (χ1v) is 11.5. The quantitative estimate of drug-likeness (QED) is 0.344. The molecule has 0 atom stereocenters. The fourth-order valence-corrected chi connectivity index (χ4v) is 4.08. The van der Waals surface area contributed by atoms with Crippen molar-refractivity contribution in [2.24, 2.45) is 0 Å². The zero-order chi connectivity index (χ0) is 24.8. The van der Waals surface area contributed by atoms with E-state index in [0.29, 0.717) is 34.9 Å². The number of carbonyl (C=O) groups is 1. The Bertz CT molecular complexity index is 1390. The van der Waals surface area contributed by atoms with Gasteiger partial charge in [-0.1, -0.05) is 18.2 Å². The molecule has 1 aliphatic heterocycles. The summed E-state index contributed by atoms with van der Waals surface area (Å²) in [5.74, 6) is 0.728. The Morgan fingerprint density at radius 1 is 1.23 bits per heavy atom. The van der Waals surface area contributed by atoms with Crippen LogP contribution in [0.4, 0.5) is 5.69 Å². The number of fused-ring (bicyclic) bond motifs is 1. The van der Waals surface area contributed by atoms with E-state index in [4.69, 9.17) is 21.7 Å². The number of nitrogens with zero attached hydrogens (tertiary/aromatic N) is 1. The average molecular weight is 492 g/mol. The second kappa shape index (κ2) is 11.0. The van der Waals surface area contributed by atoms with E-state index in [2.05, 4.69) is 10.6 Å². The summed E-state index contributed by atoms with van der Waals surface area (Å²) in [5.41, 5.74) is 2.15. The van der Waals surface area contributed by atoms with Crippen molar-refractivity contribution in [3.63, 3.8) is 0 Å². The van der Waals surface area contributed by atoms with Crippen molar-refractivity contribution in [3.8, 4) is 16.9 Å². The number of ether oxygens (including phenoxy) is 2. The molecule has 1 amide bonds. The van der Waals surface area contributed by atoms with Crippen LogP contribution in [0.1, 0.15) is 6.42 Å². The molecule has 1 aliphatic rings. The molecule has 35 heavy (non-hydrogen) atoms. The number of thiocarbonyl (C=S) groups is 1. The van der Waals surface area contributed by atoms with Crippen molar-refractivity contribution in [1.82, 2.24) is 9.88 Å². The first-order chi connectivity index (χ1) is 17.0. The van der Waals surface area contributed by atoms with Crippen LogP contribution in [0.2, 0.25) is 0 Å². The van der Waals surface area contributed by atoms with Gasteiger partial charge in [-0.15, -0.1) is 0 Å². The van der Waals surface area contributed by atoms with E-state index in [1.807, 2.05) is 36.4 Å². The fraction of sp³-hybridized carbons (Fsp3) is 0.192. The third-order valence-electron chi connectivity index (χ3n) is 5.44. The maximum absolute atomic E-state index is 13.3. The number of para-hydroxylation sites is 1. The summed E-state index contributed by atoms with van der Waals surface area (Å²) >= 11 is 5.25. The van der Waals surface area contributed by atoms with E-state index in [-0.39, 0.29) is 29.7 Å². The number of hydrogen-bond donors (Lipinski definition) is 3. The van der Waals surface area contributed by atoms with Gasteiger partial charge < -0.3 is 24.5 Å². The van der Waals surface area contributed by atoms with Crippen molar-refractivity contribution in [2.75, 3.05) is 25.6 Å². The number of rotatable bonds is 7. The van der Waals surface area contributed by atoms with Crippen LogP contribution in [-0.4, -0.2) is 41.0 Å². The minimum atomic E-state index is -0.386. The van der Waals surface area contributed by atoms with Crippen LogP contribution in [-0.2, 0) is 16.1 Å². The summed E-state index contributed by atoms with van der Waals surface area (Å²) in [7, 11) is 1.51. The lowest BCUT2D eigenvalue weighted by Crippen LogP contribution is -2.32. The molecule has 0 unspecified atom stereocenters. The zero-order valence-electron chi connectivity index (χ0n) is 19.1. The SMILES string of the molecule is COc1cc(NC(=S)NC(=O)/C=C/C2=CCCO2)ccc1-c1cc2ccccc2n(CCO)c1=O. The topological polar surface area (TPSA) is 102 Å². The fourth-order valence-electron chi connectivity index (χ4n) is 3.86. The maximum Gasteiger partial charge on any atom is 0.259 e. The first-order valence-electron chi connectivity index (χ1n) is 11.0. The molecule has 2 heterocycles. The van der Waals surface area contributed by atoms with Crippen molar-refractivity contribution in [3.05, 3.63) is 82.9 Å². The first kappa shape index (κ1) is 24.2. The highest BCUT2D eigenvalue weighted by atomic mass is 32.1. The van der Waals surface area contributed by atoms with Gasteiger partial charge in [-0.25, -0.2) is 0 Å². The van der Waals surface area contributed by atoms with Crippen LogP contribution in [0.15, 0.2) is 77.3 Å². The number of anilines is 1.